The molecule has 8 heteroatoms. The molecule has 0 spiro atoms. The van der Waals surface area contributed by atoms with E-state index in [1.165, 1.54) is 24.3 Å². The molecule has 0 aliphatic rings. The van der Waals surface area contributed by atoms with Crippen molar-refractivity contribution < 1.29 is 24.0 Å². The zero-order valence-corrected chi connectivity index (χ0v) is 15.0. The molecular weight excluding hydrogens is 352 g/mol. The minimum absolute atomic E-state index is 0.0805. The smallest absolute Gasteiger partial charge is 0.344 e. The van der Waals surface area contributed by atoms with Gasteiger partial charge in [-0.2, -0.15) is 0 Å². The van der Waals surface area contributed by atoms with Gasteiger partial charge in [-0.25, -0.2) is 4.79 Å². The maximum atomic E-state index is 11.8. The van der Waals surface area contributed by atoms with Gasteiger partial charge < -0.3 is 14.8 Å². The normalized spacial score (nSPS) is 10.3. The van der Waals surface area contributed by atoms with Gasteiger partial charge in [0.25, 0.3) is 11.6 Å². The van der Waals surface area contributed by atoms with Crippen molar-refractivity contribution in [3.8, 4) is 5.75 Å². The van der Waals surface area contributed by atoms with Crippen LogP contribution in [0.25, 0.3) is 0 Å². The number of hydrogen-bond acceptors (Lipinski definition) is 6. The molecule has 2 aromatic rings. The SMILES string of the molecule is CC(C)c1ccc(NC(=O)COC(=O)COc2ccc([N+](=O)[O-])cc2)cc1. The van der Waals surface area contributed by atoms with Crippen LogP contribution in [0.5, 0.6) is 5.75 Å². The summed E-state index contributed by atoms with van der Waals surface area (Å²) in [6.07, 6.45) is 0. The fraction of sp³-hybridized carbons (Fsp3) is 0.263. The van der Waals surface area contributed by atoms with Crippen LogP contribution in [-0.2, 0) is 14.3 Å². The molecule has 0 saturated carbocycles. The van der Waals surface area contributed by atoms with Crippen LogP contribution in [0.3, 0.4) is 0 Å². The Labute approximate surface area is 156 Å². The maximum absolute atomic E-state index is 11.8. The molecule has 1 N–H and O–H groups in total. The van der Waals surface area contributed by atoms with Crippen molar-refractivity contribution in [1.29, 1.82) is 0 Å². The quantitative estimate of drug-likeness (QED) is 0.433. The summed E-state index contributed by atoms with van der Waals surface area (Å²) in [6.45, 7) is 3.31. The number of non-ortho nitro benzene ring substituents is 1. The topological polar surface area (TPSA) is 108 Å². The molecule has 0 aliphatic carbocycles. The van der Waals surface area contributed by atoms with Crippen molar-refractivity contribution in [1.82, 2.24) is 0 Å². The van der Waals surface area contributed by atoms with Crippen molar-refractivity contribution in [2.75, 3.05) is 18.5 Å². The lowest BCUT2D eigenvalue weighted by Gasteiger charge is -2.09. The number of esters is 1. The molecule has 142 valence electrons. The molecule has 2 aromatic carbocycles. The Kier molecular flexibility index (Phi) is 6.87. The molecule has 0 fully saturated rings. The third-order valence-electron chi connectivity index (χ3n) is 3.63. The molecule has 0 atom stereocenters. The Hall–Kier alpha value is -3.42. The van der Waals surface area contributed by atoms with Gasteiger partial charge in [-0.3, -0.25) is 14.9 Å². The highest BCUT2D eigenvalue weighted by atomic mass is 16.6. The van der Waals surface area contributed by atoms with Gasteiger partial charge in [-0.05, 0) is 35.7 Å². The van der Waals surface area contributed by atoms with Crippen molar-refractivity contribution in [3.05, 3.63) is 64.2 Å². The van der Waals surface area contributed by atoms with E-state index >= 15 is 0 Å². The molecule has 0 aromatic heterocycles. The molecule has 0 bridgehead atoms. The zero-order valence-electron chi connectivity index (χ0n) is 15.0. The zero-order chi connectivity index (χ0) is 19.8. The monoisotopic (exact) mass is 372 g/mol. The van der Waals surface area contributed by atoms with Crippen LogP contribution in [0, 0.1) is 10.1 Å². The number of anilines is 1. The second kappa shape index (κ2) is 9.33. The highest BCUT2D eigenvalue weighted by Gasteiger charge is 2.10. The van der Waals surface area contributed by atoms with E-state index in [0.717, 1.165) is 5.56 Å². The summed E-state index contributed by atoms with van der Waals surface area (Å²) in [5.41, 5.74) is 1.69. The summed E-state index contributed by atoms with van der Waals surface area (Å²) >= 11 is 0. The number of carbonyl (C=O) groups is 2. The third-order valence-corrected chi connectivity index (χ3v) is 3.63. The van der Waals surface area contributed by atoms with Gasteiger partial charge in [-0.15, -0.1) is 0 Å². The lowest BCUT2D eigenvalue weighted by molar-refractivity contribution is -0.384. The van der Waals surface area contributed by atoms with Gasteiger partial charge >= 0.3 is 5.97 Å². The van der Waals surface area contributed by atoms with Gasteiger partial charge in [0, 0.05) is 17.8 Å². The van der Waals surface area contributed by atoms with Crippen LogP contribution in [-0.4, -0.2) is 30.0 Å². The van der Waals surface area contributed by atoms with Crippen molar-refractivity contribution >= 4 is 23.3 Å². The van der Waals surface area contributed by atoms with Crippen LogP contribution >= 0.6 is 0 Å². The number of nitro groups is 1. The molecule has 27 heavy (non-hydrogen) atoms. The van der Waals surface area contributed by atoms with Crippen molar-refractivity contribution in [3.63, 3.8) is 0 Å². The largest absolute Gasteiger partial charge is 0.482 e. The standard InChI is InChI=1S/C19H20N2O6/c1-13(2)14-3-5-15(6-4-14)20-18(22)11-27-19(23)12-26-17-9-7-16(8-10-17)21(24)25/h3-10,13H,11-12H2,1-2H3,(H,20,22). The average molecular weight is 372 g/mol. The van der Waals surface area contributed by atoms with Gasteiger partial charge in [0.05, 0.1) is 4.92 Å². The first-order valence-electron chi connectivity index (χ1n) is 8.28. The third kappa shape index (κ3) is 6.43. The molecule has 0 unspecified atom stereocenters. The number of hydrogen-bond donors (Lipinski definition) is 1. The van der Waals surface area contributed by atoms with E-state index in [-0.39, 0.29) is 11.4 Å². The molecule has 0 saturated heterocycles. The number of nitrogens with one attached hydrogen (secondary N) is 1. The van der Waals surface area contributed by atoms with Crippen LogP contribution in [0.15, 0.2) is 48.5 Å². The predicted molar refractivity (Wildman–Crippen MR) is 98.7 cm³/mol. The predicted octanol–water partition coefficient (Wildman–Crippen LogP) is 3.28. The Morgan fingerprint density at radius 1 is 1.04 bits per heavy atom. The average Bonchev–Trinajstić information content (AvgIpc) is 2.65. The number of amides is 1. The lowest BCUT2D eigenvalue weighted by Crippen LogP contribution is -2.23. The summed E-state index contributed by atoms with van der Waals surface area (Å²) in [7, 11) is 0. The second-order valence-electron chi connectivity index (χ2n) is 6.03. The van der Waals surface area contributed by atoms with E-state index < -0.39 is 30.0 Å². The van der Waals surface area contributed by atoms with Crippen LogP contribution in [0.1, 0.15) is 25.3 Å². The summed E-state index contributed by atoms with van der Waals surface area (Å²) in [6, 6.07) is 12.7. The van der Waals surface area contributed by atoms with Crippen LogP contribution in [0.4, 0.5) is 11.4 Å². The van der Waals surface area contributed by atoms with E-state index in [2.05, 4.69) is 19.2 Å². The van der Waals surface area contributed by atoms with Gasteiger partial charge in [0.2, 0.25) is 0 Å². The minimum Gasteiger partial charge on any atom is -0.482 e. The number of ether oxygens (including phenoxy) is 2. The molecule has 0 heterocycles. The van der Waals surface area contributed by atoms with E-state index in [0.29, 0.717) is 11.6 Å². The van der Waals surface area contributed by atoms with Crippen molar-refractivity contribution in [2.24, 2.45) is 0 Å². The summed E-state index contributed by atoms with van der Waals surface area (Å²) in [4.78, 5) is 33.5. The Morgan fingerprint density at radius 3 is 2.22 bits per heavy atom. The van der Waals surface area contributed by atoms with Crippen LogP contribution in [0.2, 0.25) is 0 Å². The molecule has 1 amide bonds. The number of benzene rings is 2. The fourth-order valence-electron chi connectivity index (χ4n) is 2.14. The highest BCUT2D eigenvalue weighted by Crippen LogP contribution is 2.18. The maximum Gasteiger partial charge on any atom is 0.344 e. The van der Waals surface area contributed by atoms with Crippen LogP contribution < -0.4 is 10.1 Å². The molecule has 0 radical (unpaired) electrons. The number of rotatable bonds is 8. The number of carbonyl (C=O) groups excluding carboxylic acids is 2. The van der Waals surface area contributed by atoms with Gasteiger partial charge in [0.1, 0.15) is 5.75 Å². The highest BCUT2D eigenvalue weighted by molar-refractivity contribution is 5.92. The first-order valence-corrected chi connectivity index (χ1v) is 8.28. The lowest BCUT2D eigenvalue weighted by atomic mass is 10.0. The first-order chi connectivity index (χ1) is 12.8. The molecule has 8 nitrogen and oxygen atoms in total. The summed E-state index contributed by atoms with van der Waals surface area (Å²) < 4.78 is 10.00. The summed E-state index contributed by atoms with van der Waals surface area (Å²) in [5.74, 6) is -0.506. The van der Waals surface area contributed by atoms with E-state index in [4.69, 9.17) is 9.47 Å². The Bertz CT molecular complexity index is 800. The van der Waals surface area contributed by atoms with E-state index in [1.54, 1.807) is 12.1 Å². The van der Waals surface area contributed by atoms with Gasteiger partial charge in [-0.1, -0.05) is 26.0 Å². The van der Waals surface area contributed by atoms with E-state index in [9.17, 15) is 19.7 Å². The second-order valence-corrected chi connectivity index (χ2v) is 6.03. The molecule has 2 rings (SSSR count). The Morgan fingerprint density at radius 2 is 1.67 bits per heavy atom. The minimum atomic E-state index is -0.723. The number of nitro benzene ring substituents is 1. The number of nitrogens with zero attached hydrogens (tertiary/aromatic N) is 1. The Balaban J connectivity index is 1.72. The molecular formula is C19H20N2O6. The first kappa shape index (κ1) is 19.9. The van der Waals surface area contributed by atoms with Gasteiger partial charge in [0.15, 0.2) is 13.2 Å². The molecule has 0 aliphatic heterocycles. The van der Waals surface area contributed by atoms with Crippen molar-refractivity contribution in [2.45, 2.75) is 19.8 Å². The summed E-state index contributed by atoms with van der Waals surface area (Å²) in [5, 5.41) is 13.2. The fourth-order valence-corrected chi connectivity index (χ4v) is 2.14. The van der Waals surface area contributed by atoms with E-state index in [1.807, 2.05) is 12.1 Å².